The molecule has 2 aromatic rings. The molecular weight excluding hydrogens is 264 g/mol. The van der Waals surface area contributed by atoms with Crippen LogP contribution in [0.1, 0.15) is 15.3 Å². The van der Waals surface area contributed by atoms with Gasteiger partial charge in [-0.05, 0) is 47.5 Å². The monoisotopic (exact) mass is 274 g/mol. The zero-order valence-electron chi connectivity index (χ0n) is 9.67. The Morgan fingerprint density at radius 2 is 2.11 bits per heavy atom. The molecule has 0 radical (unpaired) electrons. The van der Waals surface area contributed by atoms with E-state index < -0.39 is 0 Å². The third-order valence-corrected chi connectivity index (χ3v) is 4.53. The number of esters is 1. The lowest BCUT2D eigenvalue weighted by molar-refractivity contribution is -0.130. The summed E-state index contributed by atoms with van der Waals surface area (Å²) in [5.41, 5.74) is 1.79. The van der Waals surface area contributed by atoms with Gasteiger partial charge >= 0.3 is 5.97 Å². The third kappa shape index (κ3) is 2.05. The molecule has 0 amide bonds. The van der Waals surface area contributed by atoms with Gasteiger partial charge < -0.3 is 4.74 Å². The first kappa shape index (κ1) is 11.4. The molecule has 90 valence electrons. The summed E-state index contributed by atoms with van der Waals surface area (Å²) in [6.45, 7) is 2.03. The molecule has 3 rings (SSSR count). The van der Waals surface area contributed by atoms with Crippen LogP contribution in [-0.2, 0) is 9.53 Å². The lowest BCUT2D eigenvalue weighted by Crippen LogP contribution is -1.96. The summed E-state index contributed by atoms with van der Waals surface area (Å²) in [5, 5.41) is 3.99. The van der Waals surface area contributed by atoms with E-state index in [2.05, 4.69) is 0 Å². The second-order valence-electron chi connectivity index (χ2n) is 3.94. The quantitative estimate of drug-likeness (QED) is 0.609. The first-order valence-electron chi connectivity index (χ1n) is 5.47. The molecule has 4 heteroatoms. The first-order valence-corrected chi connectivity index (χ1v) is 7.23. The summed E-state index contributed by atoms with van der Waals surface area (Å²) in [6.07, 6.45) is 3.70. The number of cyclic esters (lactones) is 1. The molecule has 0 saturated carbocycles. The molecule has 0 N–H and O–H groups in total. The first-order chi connectivity index (χ1) is 8.74. The van der Waals surface area contributed by atoms with Gasteiger partial charge in [-0.2, -0.15) is 0 Å². The number of carbonyl (C=O) groups excluding carboxylic acids is 1. The fraction of sp³-hybridized carbons (Fsp3) is 0.0714. The smallest absolute Gasteiger partial charge is 0.343 e. The van der Waals surface area contributed by atoms with Crippen LogP contribution in [0, 0.1) is 6.92 Å². The topological polar surface area (TPSA) is 26.3 Å². The highest BCUT2D eigenvalue weighted by Crippen LogP contribution is 2.31. The van der Waals surface area contributed by atoms with Crippen molar-refractivity contribution < 1.29 is 9.53 Å². The third-order valence-electron chi connectivity index (χ3n) is 2.68. The molecule has 0 aliphatic carbocycles. The molecule has 2 nitrogen and oxygen atoms in total. The van der Waals surface area contributed by atoms with Crippen molar-refractivity contribution in [3.63, 3.8) is 0 Å². The van der Waals surface area contributed by atoms with Gasteiger partial charge in [-0.3, -0.25) is 0 Å². The number of carbonyl (C=O) groups is 1. The predicted molar refractivity (Wildman–Crippen MR) is 75.4 cm³/mol. The number of ether oxygens (including phenoxy) is 1. The summed E-state index contributed by atoms with van der Waals surface area (Å²) >= 11 is 3.19. The van der Waals surface area contributed by atoms with E-state index in [1.54, 1.807) is 22.7 Å². The molecule has 0 aromatic carbocycles. The zero-order valence-corrected chi connectivity index (χ0v) is 11.3. The lowest BCUT2D eigenvalue weighted by atomic mass is 10.2. The Balaban J connectivity index is 1.97. The number of hydrogen-bond donors (Lipinski definition) is 0. The van der Waals surface area contributed by atoms with Gasteiger partial charge in [-0.15, -0.1) is 22.7 Å². The van der Waals surface area contributed by atoms with E-state index in [1.807, 2.05) is 48.0 Å². The largest absolute Gasteiger partial charge is 0.421 e. The summed E-state index contributed by atoms with van der Waals surface area (Å²) < 4.78 is 5.28. The van der Waals surface area contributed by atoms with Crippen molar-refractivity contribution in [1.82, 2.24) is 0 Å². The van der Waals surface area contributed by atoms with Gasteiger partial charge in [0.05, 0.1) is 10.5 Å². The molecule has 2 aromatic heterocycles. The van der Waals surface area contributed by atoms with Gasteiger partial charge in [0.15, 0.2) is 0 Å². The molecule has 0 fully saturated rings. The average Bonchev–Trinajstić information content (AvgIpc) is 3.03. The fourth-order valence-electron chi connectivity index (χ4n) is 1.70. The zero-order chi connectivity index (χ0) is 12.5. The summed E-state index contributed by atoms with van der Waals surface area (Å²) in [6, 6.07) is 5.93. The molecule has 0 bridgehead atoms. The van der Waals surface area contributed by atoms with E-state index in [-0.39, 0.29) is 5.97 Å². The van der Waals surface area contributed by atoms with Crippen LogP contribution >= 0.6 is 22.7 Å². The Labute approximate surface area is 113 Å². The number of aryl methyl sites for hydroxylation is 1. The van der Waals surface area contributed by atoms with Crippen LogP contribution in [0.5, 0.6) is 0 Å². The van der Waals surface area contributed by atoms with Crippen LogP contribution in [0.2, 0.25) is 0 Å². The maximum absolute atomic E-state index is 11.8. The van der Waals surface area contributed by atoms with Crippen LogP contribution in [0.25, 0.3) is 11.8 Å². The second-order valence-corrected chi connectivity index (χ2v) is 5.84. The van der Waals surface area contributed by atoms with Crippen molar-refractivity contribution in [2.75, 3.05) is 0 Å². The number of hydrogen-bond acceptors (Lipinski definition) is 4. The highest BCUT2D eigenvalue weighted by atomic mass is 32.1. The minimum atomic E-state index is -0.272. The van der Waals surface area contributed by atoms with E-state index in [4.69, 9.17) is 4.74 Å². The summed E-state index contributed by atoms with van der Waals surface area (Å²) in [5.74, 6) is 0.377. The molecule has 0 saturated heterocycles. The lowest BCUT2D eigenvalue weighted by Gasteiger charge is -1.96. The second kappa shape index (κ2) is 4.55. The van der Waals surface area contributed by atoms with E-state index in [1.165, 1.54) is 5.56 Å². The number of rotatable bonds is 2. The van der Waals surface area contributed by atoms with Crippen LogP contribution in [0.4, 0.5) is 0 Å². The Morgan fingerprint density at radius 1 is 1.22 bits per heavy atom. The van der Waals surface area contributed by atoms with Crippen LogP contribution in [-0.4, -0.2) is 5.97 Å². The maximum Gasteiger partial charge on any atom is 0.343 e. The van der Waals surface area contributed by atoms with Gasteiger partial charge in [-0.1, -0.05) is 6.07 Å². The van der Waals surface area contributed by atoms with Crippen molar-refractivity contribution in [2.45, 2.75) is 6.92 Å². The molecule has 0 atom stereocenters. The van der Waals surface area contributed by atoms with Gasteiger partial charge in [-0.25, -0.2) is 4.79 Å². The van der Waals surface area contributed by atoms with Crippen molar-refractivity contribution in [3.05, 3.63) is 55.9 Å². The van der Waals surface area contributed by atoms with Gasteiger partial charge in [0, 0.05) is 4.88 Å². The summed E-state index contributed by atoms with van der Waals surface area (Å²) in [7, 11) is 0. The standard InChI is InChI=1S/C14H10O2S2/c1-9-4-6-18-13(9)8-10-7-11(16-14(10)15)12-3-2-5-17-12/h2-8H,1H3/b10-8+. The summed E-state index contributed by atoms with van der Waals surface area (Å²) in [4.78, 5) is 13.9. The minimum Gasteiger partial charge on any atom is -0.421 e. The van der Waals surface area contributed by atoms with E-state index in [0.29, 0.717) is 11.3 Å². The molecule has 18 heavy (non-hydrogen) atoms. The Kier molecular flexibility index (Phi) is 2.89. The van der Waals surface area contributed by atoms with Crippen LogP contribution < -0.4 is 0 Å². The highest BCUT2D eigenvalue weighted by Gasteiger charge is 2.22. The Morgan fingerprint density at radius 3 is 2.78 bits per heavy atom. The highest BCUT2D eigenvalue weighted by molar-refractivity contribution is 7.11. The van der Waals surface area contributed by atoms with E-state index >= 15 is 0 Å². The Hall–Kier alpha value is -1.65. The predicted octanol–water partition coefficient (Wildman–Crippen LogP) is 4.10. The van der Waals surface area contributed by atoms with Crippen molar-refractivity contribution in [3.8, 4) is 0 Å². The van der Waals surface area contributed by atoms with Crippen molar-refractivity contribution in [1.29, 1.82) is 0 Å². The van der Waals surface area contributed by atoms with Crippen LogP contribution in [0.3, 0.4) is 0 Å². The van der Waals surface area contributed by atoms with Gasteiger partial charge in [0.1, 0.15) is 5.76 Å². The molecule has 3 heterocycles. The minimum absolute atomic E-state index is 0.272. The molecule has 0 spiro atoms. The van der Waals surface area contributed by atoms with E-state index in [9.17, 15) is 4.79 Å². The van der Waals surface area contributed by atoms with Gasteiger partial charge in [0.2, 0.25) is 0 Å². The number of thiophene rings is 2. The Bertz CT molecular complexity index is 645. The molecule has 1 aliphatic heterocycles. The molecular formula is C14H10O2S2. The molecule has 0 unspecified atom stereocenters. The van der Waals surface area contributed by atoms with Crippen molar-refractivity contribution in [2.24, 2.45) is 0 Å². The maximum atomic E-state index is 11.8. The van der Waals surface area contributed by atoms with Crippen molar-refractivity contribution >= 4 is 40.5 Å². The SMILES string of the molecule is Cc1ccsc1/C=C1\C=C(c2cccs2)OC1=O. The van der Waals surface area contributed by atoms with Crippen LogP contribution in [0.15, 0.2) is 40.6 Å². The van der Waals surface area contributed by atoms with E-state index in [0.717, 1.165) is 9.75 Å². The molecule has 1 aliphatic rings. The average molecular weight is 274 g/mol. The van der Waals surface area contributed by atoms with Gasteiger partial charge in [0.25, 0.3) is 0 Å². The normalized spacial score (nSPS) is 17.1. The fourth-order valence-corrected chi connectivity index (χ4v) is 3.25.